The lowest BCUT2D eigenvalue weighted by Gasteiger charge is -2.29. The van der Waals surface area contributed by atoms with E-state index in [1.54, 1.807) is 0 Å². The Labute approximate surface area is 270 Å². The first-order valence-electron chi connectivity index (χ1n) is 19.2. The van der Waals surface area contributed by atoms with Crippen LogP contribution in [0.1, 0.15) is 200 Å². The van der Waals surface area contributed by atoms with Gasteiger partial charge in [-0.2, -0.15) is 0 Å². The Morgan fingerprint density at radius 2 is 0.767 bits per heavy atom. The zero-order valence-electron chi connectivity index (χ0n) is 29.8. The SMILES string of the molecule is CCCCCCCC=CCCCCCCCCCC(CCCCCCCCC=CCCCCCCC)C(C(=O)O)N(C)C. The molecule has 2 unspecified atom stereocenters. The van der Waals surface area contributed by atoms with Gasteiger partial charge in [0.05, 0.1) is 0 Å². The summed E-state index contributed by atoms with van der Waals surface area (Å²) in [5.74, 6) is -0.368. The predicted octanol–water partition coefficient (Wildman–Crippen LogP) is 13.1. The summed E-state index contributed by atoms with van der Waals surface area (Å²) in [6.45, 7) is 4.55. The van der Waals surface area contributed by atoms with Crippen molar-refractivity contribution in [3.8, 4) is 0 Å². The molecule has 0 fully saturated rings. The second-order valence-corrected chi connectivity index (χ2v) is 13.6. The zero-order valence-corrected chi connectivity index (χ0v) is 29.8. The maximum absolute atomic E-state index is 12.1. The van der Waals surface area contributed by atoms with Crippen LogP contribution in [0.15, 0.2) is 24.3 Å². The summed E-state index contributed by atoms with van der Waals surface area (Å²) < 4.78 is 0. The van der Waals surface area contributed by atoms with Gasteiger partial charge in [-0.05, 0) is 84.2 Å². The third kappa shape index (κ3) is 29.4. The van der Waals surface area contributed by atoms with E-state index in [-0.39, 0.29) is 12.0 Å². The van der Waals surface area contributed by atoms with Crippen LogP contribution in [-0.2, 0) is 4.79 Å². The lowest BCUT2D eigenvalue weighted by atomic mass is 9.87. The summed E-state index contributed by atoms with van der Waals surface area (Å²) in [5, 5.41) is 9.92. The lowest BCUT2D eigenvalue weighted by molar-refractivity contribution is -0.144. The van der Waals surface area contributed by atoms with Crippen molar-refractivity contribution >= 4 is 5.97 Å². The average molecular weight is 604 g/mol. The molecule has 0 radical (unpaired) electrons. The fourth-order valence-electron chi connectivity index (χ4n) is 6.44. The molecule has 0 saturated carbocycles. The molecule has 3 heteroatoms. The van der Waals surface area contributed by atoms with Crippen LogP contribution in [0.25, 0.3) is 0 Å². The van der Waals surface area contributed by atoms with E-state index in [4.69, 9.17) is 0 Å². The van der Waals surface area contributed by atoms with Crippen molar-refractivity contribution in [1.29, 1.82) is 0 Å². The molecule has 0 spiro atoms. The van der Waals surface area contributed by atoms with E-state index >= 15 is 0 Å². The molecule has 0 aliphatic rings. The zero-order chi connectivity index (χ0) is 31.6. The van der Waals surface area contributed by atoms with Gasteiger partial charge in [-0.15, -0.1) is 0 Å². The predicted molar refractivity (Wildman–Crippen MR) is 192 cm³/mol. The van der Waals surface area contributed by atoms with Gasteiger partial charge in [-0.3, -0.25) is 9.69 Å². The summed E-state index contributed by atoms with van der Waals surface area (Å²) in [4.78, 5) is 14.0. The number of aliphatic carboxylic acids is 1. The maximum atomic E-state index is 12.1. The number of hydrogen-bond acceptors (Lipinski definition) is 2. The first-order valence-corrected chi connectivity index (χ1v) is 19.2. The van der Waals surface area contributed by atoms with Crippen molar-refractivity contribution < 1.29 is 9.90 Å². The normalized spacial score (nSPS) is 13.5. The van der Waals surface area contributed by atoms with Crippen LogP contribution in [-0.4, -0.2) is 36.1 Å². The third-order valence-corrected chi connectivity index (χ3v) is 9.18. The van der Waals surface area contributed by atoms with Crippen LogP contribution in [0.3, 0.4) is 0 Å². The average Bonchev–Trinajstić information content (AvgIpc) is 2.98. The molecule has 0 bridgehead atoms. The van der Waals surface area contributed by atoms with Crippen LogP contribution in [0, 0.1) is 5.92 Å². The molecular formula is C40H77NO2. The molecule has 0 saturated heterocycles. The van der Waals surface area contributed by atoms with Crippen molar-refractivity contribution in [1.82, 2.24) is 4.90 Å². The molecule has 43 heavy (non-hydrogen) atoms. The monoisotopic (exact) mass is 604 g/mol. The van der Waals surface area contributed by atoms with E-state index < -0.39 is 5.97 Å². The van der Waals surface area contributed by atoms with Gasteiger partial charge in [0.1, 0.15) is 6.04 Å². The quantitative estimate of drug-likeness (QED) is 0.0587. The number of hydrogen-bond donors (Lipinski definition) is 1. The van der Waals surface area contributed by atoms with Crippen LogP contribution in [0.2, 0.25) is 0 Å². The Morgan fingerprint density at radius 1 is 0.488 bits per heavy atom. The highest BCUT2D eigenvalue weighted by Gasteiger charge is 2.29. The van der Waals surface area contributed by atoms with E-state index in [0.29, 0.717) is 0 Å². The summed E-state index contributed by atoms with van der Waals surface area (Å²) in [6, 6.07) is -0.345. The van der Waals surface area contributed by atoms with Crippen LogP contribution >= 0.6 is 0 Å². The number of carboxylic acid groups (broad SMARTS) is 1. The first kappa shape index (κ1) is 41.9. The Hall–Kier alpha value is -1.09. The maximum Gasteiger partial charge on any atom is 0.321 e. The number of rotatable bonds is 34. The van der Waals surface area contributed by atoms with Crippen molar-refractivity contribution in [2.24, 2.45) is 5.92 Å². The number of allylic oxidation sites excluding steroid dienone is 4. The minimum atomic E-state index is -0.644. The number of carboxylic acids is 1. The Bertz CT molecular complexity index is 626. The summed E-state index contributed by atoms with van der Waals surface area (Å²) in [5.41, 5.74) is 0. The van der Waals surface area contributed by atoms with Crippen molar-refractivity contribution in [2.45, 2.75) is 206 Å². The van der Waals surface area contributed by atoms with Crippen molar-refractivity contribution in [3.05, 3.63) is 24.3 Å². The van der Waals surface area contributed by atoms with E-state index in [0.717, 1.165) is 12.8 Å². The molecular weight excluding hydrogens is 526 g/mol. The highest BCUT2D eigenvalue weighted by molar-refractivity contribution is 5.73. The van der Waals surface area contributed by atoms with Crippen LogP contribution in [0.5, 0.6) is 0 Å². The molecule has 0 rings (SSSR count). The van der Waals surface area contributed by atoms with E-state index in [1.807, 2.05) is 19.0 Å². The molecule has 0 aromatic carbocycles. The summed E-state index contributed by atoms with van der Waals surface area (Å²) >= 11 is 0. The highest BCUT2D eigenvalue weighted by Crippen LogP contribution is 2.25. The van der Waals surface area contributed by atoms with Gasteiger partial charge >= 0.3 is 5.97 Å². The third-order valence-electron chi connectivity index (χ3n) is 9.18. The van der Waals surface area contributed by atoms with Gasteiger partial charge in [0.25, 0.3) is 0 Å². The molecule has 0 heterocycles. The van der Waals surface area contributed by atoms with Crippen LogP contribution < -0.4 is 0 Å². The van der Waals surface area contributed by atoms with Gasteiger partial charge in [-0.25, -0.2) is 0 Å². The molecule has 0 aromatic rings. The number of likely N-dealkylation sites (N-methyl/N-ethyl adjacent to an activating group) is 1. The minimum absolute atomic E-state index is 0.276. The van der Waals surface area contributed by atoms with Gasteiger partial charge in [0, 0.05) is 0 Å². The first-order chi connectivity index (χ1) is 21.0. The molecule has 2 atom stereocenters. The topological polar surface area (TPSA) is 40.5 Å². The molecule has 0 amide bonds. The Kier molecular flexibility index (Phi) is 32.9. The second-order valence-electron chi connectivity index (χ2n) is 13.6. The second kappa shape index (κ2) is 33.8. The van der Waals surface area contributed by atoms with Gasteiger partial charge in [0.2, 0.25) is 0 Å². The van der Waals surface area contributed by atoms with E-state index in [2.05, 4.69) is 38.2 Å². The fourth-order valence-corrected chi connectivity index (χ4v) is 6.44. The highest BCUT2D eigenvalue weighted by atomic mass is 16.4. The Morgan fingerprint density at radius 3 is 1.05 bits per heavy atom. The lowest BCUT2D eigenvalue weighted by Crippen LogP contribution is -2.42. The van der Waals surface area contributed by atoms with Gasteiger partial charge in [0.15, 0.2) is 0 Å². The molecule has 0 aliphatic heterocycles. The van der Waals surface area contributed by atoms with E-state index in [1.165, 1.54) is 173 Å². The van der Waals surface area contributed by atoms with E-state index in [9.17, 15) is 9.90 Å². The largest absolute Gasteiger partial charge is 0.480 e. The summed E-state index contributed by atoms with van der Waals surface area (Å²) in [6.07, 6.45) is 47.2. The number of nitrogens with zero attached hydrogens (tertiary/aromatic N) is 1. The molecule has 3 nitrogen and oxygen atoms in total. The van der Waals surface area contributed by atoms with Crippen molar-refractivity contribution in [3.63, 3.8) is 0 Å². The van der Waals surface area contributed by atoms with Gasteiger partial charge < -0.3 is 5.11 Å². The molecule has 1 N–H and O–H groups in total. The van der Waals surface area contributed by atoms with Crippen molar-refractivity contribution in [2.75, 3.05) is 14.1 Å². The minimum Gasteiger partial charge on any atom is -0.480 e. The molecule has 254 valence electrons. The number of carbonyl (C=O) groups is 1. The summed E-state index contributed by atoms with van der Waals surface area (Å²) in [7, 11) is 3.88. The van der Waals surface area contributed by atoms with Crippen LogP contribution in [0.4, 0.5) is 0 Å². The number of unbranched alkanes of at least 4 members (excludes halogenated alkanes) is 23. The Balaban J connectivity index is 3.92. The fraction of sp³-hybridized carbons (Fsp3) is 0.875. The van der Waals surface area contributed by atoms with Gasteiger partial charge in [-0.1, -0.05) is 160 Å². The smallest absolute Gasteiger partial charge is 0.321 e. The molecule has 0 aromatic heterocycles. The standard InChI is InChI=1S/C40H77NO2/c1-5-7-9-11-13-15-17-19-21-23-25-27-29-31-33-35-37-38(39(40(42)43)41(3)4)36-34-32-30-28-26-24-22-20-18-16-14-12-10-8-6-2/h17-20,38-39H,5-16,21-37H2,1-4H3,(H,42,43). The molecule has 0 aliphatic carbocycles.